The molecule has 1 rings (SSSR count). The van der Waals surface area contributed by atoms with Gasteiger partial charge in [0.2, 0.25) is 5.91 Å². The van der Waals surface area contributed by atoms with Crippen LogP contribution >= 0.6 is 0 Å². The van der Waals surface area contributed by atoms with E-state index >= 15 is 0 Å². The molecule has 0 saturated carbocycles. The number of aldehydes is 1. The SMILES string of the molecule is [N-]=[N+]=NCCOCCOCCOCCNC(=O)CCCCCCOc1cccc(C=O)c1. The molecule has 1 amide bonds. The highest BCUT2D eigenvalue weighted by molar-refractivity contribution is 5.76. The Bertz CT molecular complexity index is 682. The Morgan fingerprint density at radius 3 is 2.44 bits per heavy atom. The van der Waals surface area contributed by atoms with Gasteiger partial charge in [-0.3, -0.25) is 9.59 Å². The molecule has 0 unspecified atom stereocenters. The van der Waals surface area contributed by atoms with Crippen molar-refractivity contribution in [2.45, 2.75) is 32.1 Å². The predicted molar refractivity (Wildman–Crippen MR) is 120 cm³/mol. The van der Waals surface area contributed by atoms with Crippen molar-refractivity contribution in [2.75, 3.05) is 59.3 Å². The van der Waals surface area contributed by atoms with E-state index in [1.165, 1.54) is 0 Å². The molecule has 10 heteroatoms. The summed E-state index contributed by atoms with van der Waals surface area (Å²) in [5.74, 6) is 0.736. The van der Waals surface area contributed by atoms with Gasteiger partial charge in [0.25, 0.3) is 0 Å². The minimum Gasteiger partial charge on any atom is -0.494 e. The van der Waals surface area contributed by atoms with Crippen LogP contribution < -0.4 is 10.1 Å². The third kappa shape index (κ3) is 16.1. The molecule has 10 nitrogen and oxygen atoms in total. The number of nitrogens with one attached hydrogen (secondary N) is 1. The molecular weight excluding hydrogens is 416 g/mol. The lowest BCUT2D eigenvalue weighted by Gasteiger charge is -2.08. The van der Waals surface area contributed by atoms with Crippen LogP contribution in [0.1, 0.15) is 42.5 Å². The van der Waals surface area contributed by atoms with Gasteiger partial charge in [0.15, 0.2) is 0 Å². The first-order valence-corrected chi connectivity index (χ1v) is 10.9. The summed E-state index contributed by atoms with van der Waals surface area (Å²) in [5, 5.41) is 6.20. The third-order valence-electron chi connectivity index (χ3n) is 4.27. The van der Waals surface area contributed by atoms with E-state index < -0.39 is 0 Å². The number of carbonyl (C=O) groups is 2. The predicted octanol–water partition coefficient (Wildman–Crippen LogP) is 3.30. The lowest BCUT2D eigenvalue weighted by Crippen LogP contribution is -2.27. The first-order valence-electron chi connectivity index (χ1n) is 10.9. The Hall–Kier alpha value is -2.65. The van der Waals surface area contributed by atoms with E-state index in [0.717, 1.165) is 32.0 Å². The number of rotatable bonds is 21. The summed E-state index contributed by atoms with van der Waals surface area (Å²) in [4.78, 5) is 25.2. The van der Waals surface area contributed by atoms with Crippen LogP contribution in [0.3, 0.4) is 0 Å². The summed E-state index contributed by atoms with van der Waals surface area (Å²) in [6.45, 7) is 4.04. The maximum atomic E-state index is 11.8. The number of unbranched alkanes of at least 4 members (excludes halogenated alkanes) is 3. The van der Waals surface area contributed by atoms with E-state index in [4.69, 9.17) is 24.5 Å². The molecule has 0 fully saturated rings. The zero-order valence-electron chi connectivity index (χ0n) is 18.6. The summed E-state index contributed by atoms with van der Waals surface area (Å²) >= 11 is 0. The molecule has 0 aliphatic carbocycles. The lowest BCUT2D eigenvalue weighted by atomic mass is 10.1. The molecule has 1 aromatic carbocycles. The van der Waals surface area contributed by atoms with E-state index in [9.17, 15) is 9.59 Å². The Morgan fingerprint density at radius 1 is 0.969 bits per heavy atom. The van der Waals surface area contributed by atoms with Gasteiger partial charge in [0, 0.05) is 30.0 Å². The molecule has 0 aliphatic rings. The van der Waals surface area contributed by atoms with Crippen LogP contribution in [0.25, 0.3) is 10.4 Å². The molecule has 178 valence electrons. The monoisotopic (exact) mass is 450 g/mol. The largest absolute Gasteiger partial charge is 0.494 e. The lowest BCUT2D eigenvalue weighted by molar-refractivity contribution is -0.121. The number of azide groups is 1. The highest BCUT2D eigenvalue weighted by Gasteiger charge is 2.01. The van der Waals surface area contributed by atoms with Crippen molar-refractivity contribution >= 4 is 12.2 Å². The molecule has 0 spiro atoms. The standard InChI is InChI=1S/C22H34N4O6/c23-26-25-10-13-30-15-17-31-16-14-29-12-9-24-22(28)8-3-1-2-4-11-32-21-7-5-6-20(18-21)19-27/h5-7,18-19H,1-4,8-17H2,(H,24,28). The number of ether oxygens (including phenoxy) is 4. The summed E-state index contributed by atoms with van der Waals surface area (Å²) in [5.41, 5.74) is 8.71. The number of benzene rings is 1. The molecule has 0 heterocycles. The second kappa shape index (κ2) is 20.3. The van der Waals surface area contributed by atoms with Crippen molar-refractivity contribution in [3.8, 4) is 5.75 Å². The molecule has 0 aromatic heterocycles. The number of carbonyl (C=O) groups excluding carboxylic acids is 2. The molecule has 0 atom stereocenters. The molecule has 1 aromatic rings. The van der Waals surface area contributed by atoms with Crippen LogP contribution in [0, 0.1) is 0 Å². The van der Waals surface area contributed by atoms with Crippen molar-refractivity contribution < 1.29 is 28.5 Å². The van der Waals surface area contributed by atoms with Crippen molar-refractivity contribution in [1.29, 1.82) is 0 Å². The maximum Gasteiger partial charge on any atom is 0.220 e. The first-order chi connectivity index (χ1) is 15.8. The summed E-state index contributed by atoms with van der Waals surface area (Å²) in [6.07, 6.45) is 5.01. The minimum absolute atomic E-state index is 0.0321. The number of hydrogen-bond donors (Lipinski definition) is 1. The molecular formula is C22H34N4O6. The zero-order valence-corrected chi connectivity index (χ0v) is 18.6. The van der Waals surface area contributed by atoms with E-state index in [2.05, 4.69) is 15.3 Å². The van der Waals surface area contributed by atoms with Crippen LogP contribution in [0.2, 0.25) is 0 Å². The Balaban J connectivity index is 1.82. The van der Waals surface area contributed by atoms with Gasteiger partial charge >= 0.3 is 0 Å². The molecule has 0 aliphatic heterocycles. The Kier molecular flexibility index (Phi) is 17.3. The number of hydrogen-bond acceptors (Lipinski definition) is 7. The smallest absolute Gasteiger partial charge is 0.220 e. The highest BCUT2D eigenvalue weighted by Crippen LogP contribution is 2.13. The van der Waals surface area contributed by atoms with Gasteiger partial charge in [-0.1, -0.05) is 30.1 Å². The minimum atomic E-state index is 0.0321. The average Bonchev–Trinajstić information content (AvgIpc) is 2.81. The molecule has 1 N–H and O–H groups in total. The first kappa shape index (κ1) is 27.4. The van der Waals surface area contributed by atoms with E-state index in [1.807, 2.05) is 6.07 Å². The van der Waals surface area contributed by atoms with Crippen LogP contribution in [-0.2, 0) is 19.0 Å². The van der Waals surface area contributed by atoms with Gasteiger partial charge in [0.1, 0.15) is 12.0 Å². The van der Waals surface area contributed by atoms with Gasteiger partial charge < -0.3 is 24.3 Å². The normalized spacial score (nSPS) is 10.4. The van der Waals surface area contributed by atoms with Gasteiger partial charge in [0.05, 0.1) is 46.2 Å². The van der Waals surface area contributed by atoms with Gasteiger partial charge in [-0.15, -0.1) is 0 Å². The maximum absolute atomic E-state index is 11.8. The van der Waals surface area contributed by atoms with E-state index in [-0.39, 0.29) is 5.91 Å². The topological polar surface area (TPSA) is 132 Å². The molecule has 0 radical (unpaired) electrons. The third-order valence-corrected chi connectivity index (χ3v) is 4.27. The zero-order chi connectivity index (χ0) is 23.1. The average molecular weight is 451 g/mol. The van der Waals surface area contributed by atoms with E-state index in [0.29, 0.717) is 77.1 Å². The Labute approximate surface area is 189 Å². The number of nitrogens with zero attached hydrogens (tertiary/aromatic N) is 3. The van der Waals surface area contributed by atoms with Gasteiger partial charge in [-0.2, -0.15) is 0 Å². The Morgan fingerprint density at radius 2 is 1.69 bits per heavy atom. The second-order valence-electron chi connectivity index (χ2n) is 6.84. The van der Waals surface area contributed by atoms with Gasteiger partial charge in [-0.05, 0) is 30.5 Å². The van der Waals surface area contributed by atoms with Crippen molar-refractivity contribution in [3.05, 3.63) is 40.3 Å². The van der Waals surface area contributed by atoms with Crippen LogP contribution in [-0.4, -0.2) is 71.5 Å². The van der Waals surface area contributed by atoms with Crippen molar-refractivity contribution in [2.24, 2.45) is 5.11 Å². The fourth-order valence-corrected chi connectivity index (χ4v) is 2.65. The highest BCUT2D eigenvalue weighted by atomic mass is 16.5. The molecule has 0 bridgehead atoms. The molecule has 32 heavy (non-hydrogen) atoms. The number of amides is 1. The summed E-state index contributed by atoms with van der Waals surface area (Å²) in [7, 11) is 0. The second-order valence-corrected chi connectivity index (χ2v) is 6.84. The summed E-state index contributed by atoms with van der Waals surface area (Å²) < 4.78 is 21.6. The van der Waals surface area contributed by atoms with Crippen molar-refractivity contribution in [3.63, 3.8) is 0 Å². The quantitative estimate of drug-likeness (QED) is 0.100. The van der Waals surface area contributed by atoms with Crippen molar-refractivity contribution in [1.82, 2.24) is 5.32 Å². The van der Waals surface area contributed by atoms with E-state index in [1.54, 1.807) is 18.2 Å². The summed E-state index contributed by atoms with van der Waals surface area (Å²) in [6, 6.07) is 7.10. The van der Waals surface area contributed by atoms with Crippen LogP contribution in [0.15, 0.2) is 29.4 Å². The van der Waals surface area contributed by atoms with Gasteiger partial charge in [-0.25, -0.2) is 0 Å². The van der Waals surface area contributed by atoms with Crippen LogP contribution in [0.4, 0.5) is 0 Å². The van der Waals surface area contributed by atoms with Crippen LogP contribution in [0.5, 0.6) is 5.75 Å². The fraction of sp³-hybridized carbons (Fsp3) is 0.636. The fourth-order valence-electron chi connectivity index (χ4n) is 2.65. The molecule has 0 saturated heterocycles.